The van der Waals surface area contributed by atoms with Crippen molar-refractivity contribution in [2.45, 2.75) is 95.3 Å². The molecule has 0 saturated carbocycles. The third kappa shape index (κ3) is 12.3. The molecule has 0 saturated heterocycles. The standard InChI is InChI=1S/C26H38O5S.Na/c1-2-3-4-5-6-7-8-9-10-11-12-13-14-22-15-17-23(18-16-22)31-24-19-20-26(25(27)21-24)32(28,29)30;/h15-21,27H,2-14H2,1H3,(H,28,29,30);/q;+1/p-1. The second kappa shape index (κ2) is 16.6. The van der Waals surface area contributed by atoms with E-state index in [1.54, 1.807) is 0 Å². The van der Waals surface area contributed by atoms with Crippen molar-refractivity contribution >= 4 is 10.1 Å². The molecule has 0 atom stereocenters. The van der Waals surface area contributed by atoms with E-state index in [-0.39, 0.29) is 35.3 Å². The summed E-state index contributed by atoms with van der Waals surface area (Å²) in [6.45, 7) is 2.26. The van der Waals surface area contributed by atoms with E-state index in [1.807, 2.05) is 24.3 Å². The molecule has 2 aromatic rings. The van der Waals surface area contributed by atoms with Crippen LogP contribution < -0.4 is 39.4 Å². The van der Waals surface area contributed by atoms with Crippen LogP contribution in [0.4, 0.5) is 0 Å². The average Bonchev–Trinajstić information content (AvgIpc) is 2.75. The molecule has 2 rings (SSSR count). The van der Waals surface area contributed by atoms with Gasteiger partial charge >= 0.3 is 29.6 Å². The molecule has 7 heteroatoms. The first-order valence-corrected chi connectivity index (χ1v) is 13.4. The van der Waals surface area contributed by atoms with Crippen molar-refractivity contribution in [3.63, 3.8) is 0 Å². The summed E-state index contributed by atoms with van der Waals surface area (Å²) in [5.41, 5.74) is 1.25. The van der Waals surface area contributed by atoms with Crippen LogP contribution in [0.15, 0.2) is 47.4 Å². The van der Waals surface area contributed by atoms with Crippen molar-refractivity contribution in [1.82, 2.24) is 0 Å². The maximum atomic E-state index is 11.8. The van der Waals surface area contributed by atoms with Crippen LogP contribution in [0.1, 0.15) is 89.5 Å². The zero-order valence-electron chi connectivity index (χ0n) is 20.2. The molecule has 1 N–H and O–H groups in total. The Hall–Kier alpha value is -1.05. The van der Waals surface area contributed by atoms with Gasteiger partial charge in [0.1, 0.15) is 11.5 Å². The van der Waals surface area contributed by atoms with Crippen LogP contribution >= 0.6 is 0 Å². The molecule has 0 aromatic heterocycles. The third-order valence-electron chi connectivity index (χ3n) is 5.67. The molecule has 2 aromatic carbocycles. The molecule has 0 aliphatic heterocycles. The fraction of sp³-hybridized carbons (Fsp3) is 0.538. The van der Waals surface area contributed by atoms with Crippen molar-refractivity contribution in [2.75, 3.05) is 0 Å². The van der Waals surface area contributed by atoms with Gasteiger partial charge in [-0.05, 0) is 48.7 Å². The third-order valence-corrected chi connectivity index (χ3v) is 6.56. The Bertz CT molecular complexity index is 897. The van der Waals surface area contributed by atoms with E-state index in [0.717, 1.165) is 18.6 Å². The summed E-state index contributed by atoms with van der Waals surface area (Å²) in [6.07, 6.45) is 17.1. The number of unbranched alkanes of at least 4 members (excludes halogenated alkanes) is 11. The van der Waals surface area contributed by atoms with Crippen molar-refractivity contribution in [3.05, 3.63) is 48.0 Å². The molecule has 33 heavy (non-hydrogen) atoms. The molecule has 0 spiro atoms. The molecule has 0 amide bonds. The molecule has 5 nitrogen and oxygen atoms in total. The molecular weight excluding hydrogens is 447 g/mol. The van der Waals surface area contributed by atoms with Gasteiger partial charge in [0.05, 0.1) is 4.90 Å². The van der Waals surface area contributed by atoms with Gasteiger partial charge in [-0.1, -0.05) is 95.4 Å². The number of hydrogen-bond donors (Lipinski definition) is 1. The average molecular weight is 485 g/mol. The number of benzene rings is 2. The van der Waals surface area contributed by atoms with E-state index in [9.17, 15) is 13.5 Å². The Labute approximate surface area is 222 Å². The van der Waals surface area contributed by atoms with Gasteiger partial charge in [0.2, 0.25) is 0 Å². The molecule has 0 bridgehead atoms. The number of hydrogen-bond acceptors (Lipinski definition) is 4. The Morgan fingerprint density at radius 1 is 0.758 bits per heavy atom. The van der Waals surface area contributed by atoms with Crippen LogP contribution in [-0.4, -0.2) is 13.0 Å². The maximum absolute atomic E-state index is 11.8. The van der Waals surface area contributed by atoms with Gasteiger partial charge in [0.25, 0.3) is 10.1 Å². The smallest absolute Gasteiger partial charge is 0.871 e. The first-order chi connectivity index (χ1) is 15.4. The van der Waals surface area contributed by atoms with E-state index < -0.39 is 20.8 Å². The molecule has 178 valence electrons. The summed E-state index contributed by atoms with van der Waals surface area (Å²) in [5.74, 6) is 0.00662. The zero-order chi connectivity index (χ0) is 23.2. The summed E-state index contributed by atoms with van der Waals surface area (Å²) in [7, 11) is -4.52. The molecule has 0 unspecified atom stereocenters. The number of aryl methyl sites for hydroxylation is 1. The Kier molecular flexibility index (Phi) is 15.0. The molecule has 0 aliphatic carbocycles. The van der Waals surface area contributed by atoms with Gasteiger partial charge < -0.3 is 9.84 Å². The quantitative estimate of drug-likeness (QED) is 0.221. The van der Waals surface area contributed by atoms with Gasteiger partial charge in [-0.15, -0.1) is 0 Å². The van der Waals surface area contributed by atoms with E-state index >= 15 is 0 Å². The van der Waals surface area contributed by atoms with Gasteiger partial charge in [0, 0.05) is 0 Å². The van der Waals surface area contributed by atoms with Crippen LogP contribution in [0.25, 0.3) is 0 Å². The molecule has 0 radical (unpaired) electrons. The topological polar surface area (TPSA) is 86.7 Å². The van der Waals surface area contributed by atoms with Gasteiger partial charge in [-0.25, -0.2) is 0 Å². The summed E-state index contributed by atoms with van der Waals surface area (Å²) in [6, 6.07) is 11.2. The van der Waals surface area contributed by atoms with Crippen LogP contribution in [0, 0.1) is 0 Å². The van der Waals surface area contributed by atoms with E-state index in [2.05, 4.69) is 6.92 Å². The van der Waals surface area contributed by atoms with Crippen LogP contribution in [0.3, 0.4) is 0 Å². The molecule has 0 heterocycles. The Morgan fingerprint density at radius 2 is 1.24 bits per heavy atom. The molecule has 0 aliphatic rings. The number of rotatable bonds is 16. The minimum absolute atomic E-state index is 0. The van der Waals surface area contributed by atoms with Crippen molar-refractivity contribution in [2.24, 2.45) is 0 Å². The van der Waals surface area contributed by atoms with Crippen molar-refractivity contribution in [1.29, 1.82) is 0 Å². The first kappa shape index (κ1) is 30.0. The fourth-order valence-electron chi connectivity index (χ4n) is 3.80. The van der Waals surface area contributed by atoms with E-state index in [4.69, 9.17) is 9.29 Å². The minimum atomic E-state index is -4.52. The van der Waals surface area contributed by atoms with Crippen LogP contribution in [-0.2, 0) is 16.5 Å². The normalized spacial score (nSPS) is 11.2. The Balaban J connectivity index is 0.00000544. The van der Waals surface area contributed by atoms with E-state index in [1.165, 1.54) is 88.7 Å². The largest absolute Gasteiger partial charge is 1.00 e. The number of ether oxygens (including phenoxy) is 1. The van der Waals surface area contributed by atoms with Crippen LogP contribution in [0.5, 0.6) is 17.2 Å². The predicted molar refractivity (Wildman–Crippen MR) is 127 cm³/mol. The fourth-order valence-corrected chi connectivity index (χ4v) is 4.35. The van der Waals surface area contributed by atoms with Gasteiger partial charge in [0.15, 0.2) is 0 Å². The second-order valence-electron chi connectivity index (χ2n) is 8.47. The summed E-state index contributed by atoms with van der Waals surface area (Å²) in [4.78, 5) is -0.650. The summed E-state index contributed by atoms with van der Waals surface area (Å²) < 4.78 is 36.8. The minimum Gasteiger partial charge on any atom is -0.871 e. The molecule has 0 fully saturated rings. The van der Waals surface area contributed by atoms with E-state index in [0.29, 0.717) is 5.75 Å². The maximum Gasteiger partial charge on any atom is 1.00 e. The monoisotopic (exact) mass is 484 g/mol. The second-order valence-corrected chi connectivity index (χ2v) is 9.86. The molecular formula is C26H37NaO5S. The summed E-state index contributed by atoms with van der Waals surface area (Å²) in [5, 5.41) is 11.8. The van der Waals surface area contributed by atoms with Gasteiger partial charge in [-0.3, -0.25) is 4.55 Å². The SMILES string of the molecule is CCCCCCCCCCCCCCc1ccc(Oc2ccc(S(=O)(=O)O)c([O-])c2)cc1.[Na+]. The summed E-state index contributed by atoms with van der Waals surface area (Å²) >= 11 is 0. The first-order valence-electron chi connectivity index (χ1n) is 12.0. The zero-order valence-corrected chi connectivity index (χ0v) is 23.0. The van der Waals surface area contributed by atoms with Crippen molar-refractivity contribution < 1.29 is 52.4 Å². The predicted octanol–water partition coefficient (Wildman–Crippen LogP) is 4.05. The van der Waals surface area contributed by atoms with Crippen LogP contribution in [0.2, 0.25) is 0 Å². The Morgan fingerprint density at radius 3 is 1.73 bits per heavy atom. The van der Waals surface area contributed by atoms with Gasteiger partial charge in [-0.2, -0.15) is 8.42 Å². The van der Waals surface area contributed by atoms with Crippen molar-refractivity contribution in [3.8, 4) is 17.2 Å².